The molecule has 1 aliphatic rings. The van der Waals surface area contributed by atoms with E-state index in [9.17, 15) is 0 Å². The average Bonchev–Trinajstić information content (AvgIpc) is 2.28. The van der Waals surface area contributed by atoms with Gasteiger partial charge < -0.3 is 5.32 Å². The van der Waals surface area contributed by atoms with E-state index >= 15 is 0 Å². The van der Waals surface area contributed by atoms with Gasteiger partial charge in [0.15, 0.2) is 0 Å². The predicted octanol–water partition coefficient (Wildman–Crippen LogP) is 1.57. The van der Waals surface area contributed by atoms with Gasteiger partial charge >= 0.3 is 0 Å². The van der Waals surface area contributed by atoms with Crippen molar-refractivity contribution in [2.45, 2.75) is 33.2 Å². The molecule has 1 aliphatic heterocycles. The van der Waals surface area contributed by atoms with Gasteiger partial charge in [0.05, 0.1) is 0 Å². The van der Waals surface area contributed by atoms with Crippen molar-refractivity contribution in [3.8, 4) is 0 Å². The Morgan fingerprint density at radius 1 is 1.35 bits per heavy atom. The van der Waals surface area contributed by atoms with Crippen molar-refractivity contribution in [3.63, 3.8) is 0 Å². The summed E-state index contributed by atoms with van der Waals surface area (Å²) in [6.07, 6.45) is 0. The zero-order chi connectivity index (χ0) is 12.9. The van der Waals surface area contributed by atoms with Gasteiger partial charge in [-0.3, -0.25) is 9.80 Å². The Kier molecular flexibility index (Phi) is 5.63. The molecule has 0 aliphatic carbocycles. The molecule has 0 atom stereocenters. The summed E-state index contributed by atoms with van der Waals surface area (Å²) in [5.41, 5.74) is 1.51. The van der Waals surface area contributed by atoms with Gasteiger partial charge in [-0.05, 0) is 27.3 Å². The highest BCUT2D eigenvalue weighted by Gasteiger charge is 2.29. The highest BCUT2D eigenvalue weighted by molar-refractivity contribution is 4.95. The highest BCUT2D eigenvalue weighted by Crippen LogP contribution is 2.17. The summed E-state index contributed by atoms with van der Waals surface area (Å²) < 4.78 is 0. The molecule has 0 bridgehead atoms. The maximum absolute atomic E-state index is 4.02. The van der Waals surface area contributed by atoms with E-state index in [-0.39, 0.29) is 5.54 Å². The van der Waals surface area contributed by atoms with Crippen LogP contribution in [0.2, 0.25) is 0 Å². The summed E-state index contributed by atoms with van der Waals surface area (Å²) in [6.45, 7) is 20.9. The Morgan fingerprint density at radius 3 is 2.41 bits per heavy atom. The fraction of sp³-hybridized carbons (Fsp3) is 0.857. The minimum atomic E-state index is 0.257. The normalized spacial score (nSPS) is 18.6. The van der Waals surface area contributed by atoms with Crippen molar-refractivity contribution in [1.82, 2.24) is 15.1 Å². The van der Waals surface area contributed by atoms with E-state index in [1.165, 1.54) is 5.57 Å². The molecule has 0 aromatic rings. The van der Waals surface area contributed by atoms with E-state index in [1.54, 1.807) is 0 Å². The maximum atomic E-state index is 4.02. The first kappa shape index (κ1) is 14.7. The lowest BCUT2D eigenvalue weighted by Crippen LogP contribution is -2.57. The molecule has 1 rings (SSSR count). The highest BCUT2D eigenvalue weighted by atomic mass is 15.3. The van der Waals surface area contributed by atoms with Gasteiger partial charge in [-0.15, -0.1) is 0 Å². The summed E-state index contributed by atoms with van der Waals surface area (Å²) in [6, 6.07) is 0. The van der Waals surface area contributed by atoms with Crippen LogP contribution in [0.5, 0.6) is 0 Å². The molecule has 100 valence electrons. The van der Waals surface area contributed by atoms with E-state index < -0.39 is 0 Å². The number of piperazine rings is 1. The fourth-order valence-corrected chi connectivity index (χ4v) is 2.58. The SMILES string of the molecule is C=C(C)CN(CC)CC(C)(C)N1CCNCC1. The first-order chi connectivity index (χ1) is 7.95. The number of nitrogens with one attached hydrogen (secondary N) is 1. The summed E-state index contributed by atoms with van der Waals surface area (Å²) in [5.74, 6) is 0. The maximum Gasteiger partial charge on any atom is 0.0281 e. The lowest BCUT2D eigenvalue weighted by molar-refractivity contribution is 0.0678. The summed E-state index contributed by atoms with van der Waals surface area (Å²) >= 11 is 0. The van der Waals surface area contributed by atoms with Crippen molar-refractivity contribution < 1.29 is 0 Å². The number of hydrogen-bond acceptors (Lipinski definition) is 3. The van der Waals surface area contributed by atoms with E-state index in [0.717, 1.165) is 45.8 Å². The van der Waals surface area contributed by atoms with Crippen molar-refractivity contribution in [2.75, 3.05) is 45.8 Å². The summed E-state index contributed by atoms with van der Waals surface area (Å²) in [4.78, 5) is 5.09. The van der Waals surface area contributed by atoms with Gasteiger partial charge in [-0.25, -0.2) is 0 Å². The minimum Gasteiger partial charge on any atom is -0.314 e. The zero-order valence-electron chi connectivity index (χ0n) is 12.1. The lowest BCUT2D eigenvalue weighted by Gasteiger charge is -2.43. The lowest BCUT2D eigenvalue weighted by atomic mass is 10.0. The number of nitrogens with zero attached hydrogens (tertiary/aromatic N) is 2. The quantitative estimate of drug-likeness (QED) is 0.710. The molecular formula is C14H29N3. The van der Waals surface area contributed by atoms with Crippen molar-refractivity contribution in [1.29, 1.82) is 0 Å². The molecule has 0 amide bonds. The Morgan fingerprint density at radius 2 is 1.94 bits per heavy atom. The van der Waals surface area contributed by atoms with Crippen molar-refractivity contribution >= 4 is 0 Å². The number of rotatable bonds is 6. The molecule has 3 nitrogen and oxygen atoms in total. The largest absolute Gasteiger partial charge is 0.314 e. The van der Waals surface area contributed by atoms with Gasteiger partial charge in [-0.2, -0.15) is 0 Å². The smallest absolute Gasteiger partial charge is 0.0281 e. The minimum absolute atomic E-state index is 0.257. The van der Waals surface area contributed by atoms with E-state index in [2.05, 4.69) is 49.4 Å². The molecule has 0 radical (unpaired) electrons. The molecular weight excluding hydrogens is 210 g/mol. The van der Waals surface area contributed by atoms with Gasteiger partial charge in [0.1, 0.15) is 0 Å². The van der Waals surface area contributed by atoms with E-state index in [4.69, 9.17) is 0 Å². The number of hydrogen-bond donors (Lipinski definition) is 1. The van der Waals surface area contributed by atoms with E-state index in [0.29, 0.717) is 0 Å². The molecule has 0 aromatic carbocycles. The second-order valence-corrected chi connectivity index (χ2v) is 5.81. The molecule has 17 heavy (non-hydrogen) atoms. The van der Waals surface area contributed by atoms with Gasteiger partial charge in [0, 0.05) is 44.8 Å². The predicted molar refractivity (Wildman–Crippen MR) is 75.4 cm³/mol. The van der Waals surface area contributed by atoms with E-state index in [1.807, 2.05) is 0 Å². The first-order valence-corrected chi connectivity index (χ1v) is 6.78. The average molecular weight is 239 g/mol. The Labute approximate surface area is 107 Å². The molecule has 0 unspecified atom stereocenters. The molecule has 1 fully saturated rings. The van der Waals surface area contributed by atoms with Gasteiger partial charge in [-0.1, -0.05) is 19.1 Å². The van der Waals surface area contributed by atoms with Gasteiger partial charge in [0.2, 0.25) is 0 Å². The zero-order valence-corrected chi connectivity index (χ0v) is 12.1. The van der Waals surface area contributed by atoms with Crippen LogP contribution in [0.25, 0.3) is 0 Å². The molecule has 1 heterocycles. The molecule has 0 aromatic heterocycles. The number of likely N-dealkylation sites (N-methyl/N-ethyl adjacent to an activating group) is 1. The Balaban J connectivity index is 2.52. The van der Waals surface area contributed by atoms with Crippen LogP contribution in [0.1, 0.15) is 27.7 Å². The monoisotopic (exact) mass is 239 g/mol. The summed E-state index contributed by atoms with van der Waals surface area (Å²) in [5, 5.41) is 3.42. The third-order valence-corrected chi connectivity index (χ3v) is 3.52. The standard InChI is InChI=1S/C14H29N3/c1-6-16(11-13(2)3)12-14(4,5)17-9-7-15-8-10-17/h15H,2,6-12H2,1,3-5H3. The van der Waals surface area contributed by atoms with Crippen LogP contribution >= 0.6 is 0 Å². The third kappa shape index (κ3) is 4.78. The molecule has 1 saturated heterocycles. The molecule has 1 N–H and O–H groups in total. The molecule has 3 heteroatoms. The van der Waals surface area contributed by atoms with Crippen molar-refractivity contribution in [2.24, 2.45) is 0 Å². The first-order valence-electron chi connectivity index (χ1n) is 6.78. The molecule has 0 saturated carbocycles. The van der Waals surface area contributed by atoms with Crippen LogP contribution < -0.4 is 5.32 Å². The fourth-order valence-electron chi connectivity index (χ4n) is 2.58. The van der Waals surface area contributed by atoms with Crippen LogP contribution in [0.15, 0.2) is 12.2 Å². The second-order valence-electron chi connectivity index (χ2n) is 5.81. The van der Waals surface area contributed by atoms with Crippen LogP contribution in [0.4, 0.5) is 0 Å². The topological polar surface area (TPSA) is 18.5 Å². The van der Waals surface area contributed by atoms with Gasteiger partial charge in [0.25, 0.3) is 0 Å². The Hall–Kier alpha value is -0.380. The second kappa shape index (κ2) is 6.53. The Bertz CT molecular complexity index is 242. The summed E-state index contributed by atoms with van der Waals surface area (Å²) in [7, 11) is 0. The van der Waals surface area contributed by atoms with Crippen LogP contribution in [0, 0.1) is 0 Å². The van der Waals surface area contributed by atoms with Crippen LogP contribution in [-0.4, -0.2) is 61.2 Å². The van der Waals surface area contributed by atoms with Crippen molar-refractivity contribution in [3.05, 3.63) is 12.2 Å². The third-order valence-electron chi connectivity index (χ3n) is 3.52. The molecule has 0 spiro atoms. The van der Waals surface area contributed by atoms with Crippen LogP contribution in [-0.2, 0) is 0 Å². The van der Waals surface area contributed by atoms with Crippen LogP contribution in [0.3, 0.4) is 0 Å².